The van der Waals surface area contributed by atoms with Gasteiger partial charge in [-0.1, -0.05) is 24.4 Å². The number of sulfonamides is 1. The summed E-state index contributed by atoms with van der Waals surface area (Å²) in [5.74, 6) is -0.259. The van der Waals surface area contributed by atoms with Crippen molar-refractivity contribution < 1.29 is 13.2 Å². The Labute approximate surface area is 128 Å². The molecule has 0 spiro atoms. The lowest BCUT2D eigenvalue weighted by atomic mass is 10.2. The Morgan fingerprint density at radius 2 is 2.10 bits per heavy atom. The minimum atomic E-state index is -3.64. The first kappa shape index (κ1) is 15.8. The third-order valence-corrected chi connectivity index (χ3v) is 6.80. The highest BCUT2D eigenvalue weighted by molar-refractivity contribution is 7.91. The molecule has 112 valence electrons. The van der Waals surface area contributed by atoms with Gasteiger partial charge in [-0.2, -0.15) is 4.31 Å². The molecule has 0 aromatic carbocycles. The third-order valence-electron chi connectivity index (χ3n) is 3.30. The van der Waals surface area contributed by atoms with E-state index in [0.29, 0.717) is 4.34 Å². The number of likely N-dealkylation sites (N-methyl/N-ethyl adjacent to an activating group) is 1. The van der Waals surface area contributed by atoms with Crippen molar-refractivity contribution in [1.29, 1.82) is 0 Å². The molecule has 1 aromatic heterocycles. The van der Waals surface area contributed by atoms with Crippen LogP contribution in [0, 0.1) is 0 Å². The minimum absolute atomic E-state index is 0.152. The number of nitrogens with zero attached hydrogens (tertiary/aromatic N) is 1. The van der Waals surface area contributed by atoms with Crippen LogP contribution in [0.1, 0.15) is 25.7 Å². The molecule has 0 unspecified atom stereocenters. The van der Waals surface area contributed by atoms with Gasteiger partial charge in [0.2, 0.25) is 5.91 Å². The number of amides is 1. The van der Waals surface area contributed by atoms with Crippen molar-refractivity contribution in [3.8, 4) is 0 Å². The zero-order valence-electron chi connectivity index (χ0n) is 11.1. The van der Waals surface area contributed by atoms with Crippen molar-refractivity contribution in [3.63, 3.8) is 0 Å². The summed E-state index contributed by atoms with van der Waals surface area (Å²) in [6, 6.07) is 3.17. The summed E-state index contributed by atoms with van der Waals surface area (Å²) in [6.45, 7) is -0.172. The predicted molar refractivity (Wildman–Crippen MR) is 79.5 cm³/mol. The second kappa shape index (κ2) is 6.43. The second-order valence-corrected chi connectivity index (χ2v) is 8.86. The fourth-order valence-corrected chi connectivity index (χ4v) is 5.04. The molecule has 1 heterocycles. The standard InChI is InChI=1S/C12H17ClN2O3S2/c1-15(8-11(16)14-9-4-2-3-5-9)20(17,18)12-7-6-10(13)19-12/h6-7,9H,2-5,8H2,1H3,(H,14,16). The predicted octanol–water partition coefficient (Wildman–Crippen LogP) is 2.08. The highest BCUT2D eigenvalue weighted by Gasteiger charge is 2.26. The average Bonchev–Trinajstić information content (AvgIpc) is 3.00. The number of rotatable bonds is 5. The molecule has 0 saturated heterocycles. The van der Waals surface area contributed by atoms with Crippen molar-refractivity contribution in [1.82, 2.24) is 9.62 Å². The van der Waals surface area contributed by atoms with E-state index in [9.17, 15) is 13.2 Å². The minimum Gasteiger partial charge on any atom is -0.352 e. The van der Waals surface area contributed by atoms with Gasteiger partial charge in [-0.25, -0.2) is 8.42 Å². The molecular weight excluding hydrogens is 320 g/mol. The number of hydrogen-bond donors (Lipinski definition) is 1. The first-order valence-electron chi connectivity index (χ1n) is 6.40. The summed E-state index contributed by atoms with van der Waals surface area (Å²) >= 11 is 6.73. The maximum atomic E-state index is 12.2. The molecule has 1 amide bonds. The molecule has 0 bridgehead atoms. The first-order valence-corrected chi connectivity index (χ1v) is 9.04. The van der Waals surface area contributed by atoms with E-state index in [-0.39, 0.29) is 22.7 Å². The molecule has 5 nitrogen and oxygen atoms in total. The van der Waals surface area contributed by atoms with E-state index in [2.05, 4.69) is 5.32 Å². The van der Waals surface area contributed by atoms with Crippen LogP contribution in [0.25, 0.3) is 0 Å². The van der Waals surface area contributed by atoms with Gasteiger partial charge >= 0.3 is 0 Å². The molecule has 1 fully saturated rings. The number of nitrogens with one attached hydrogen (secondary N) is 1. The third kappa shape index (κ3) is 3.72. The maximum Gasteiger partial charge on any atom is 0.252 e. The summed E-state index contributed by atoms with van der Waals surface area (Å²) < 4.78 is 26.0. The van der Waals surface area contributed by atoms with E-state index < -0.39 is 10.0 Å². The fourth-order valence-electron chi connectivity index (χ4n) is 2.22. The Morgan fingerprint density at radius 3 is 2.65 bits per heavy atom. The van der Waals surface area contributed by atoms with Crippen LogP contribution in [-0.2, 0) is 14.8 Å². The van der Waals surface area contributed by atoms with Gasteiger partial charge in [-0.05, 0) is 25.0 Å². The monoisotopic (exact) mass is 336 g/mol. The van der Waals surface area contributed by atoms with Crippen LogP contribution in [0.5, 0.6) is 0 Å². The van der Waals surface area contributed by atoms with Crippen LogP contribution in [0.3, 0.4) is 0 Å². The Bertz CT molecular complexity index is 579. The van der Waals surface area contributed by atoms with Gasteiger partial charge in [0.15, 0.2) is 0 Å². The smallest absolute Gasteiger partial charge is 0.252 e. The number of halogens is 1. The Morgan fingerprint density at radius 1 is 1.45 bits per heavy atom. The summed E-state index contributed by atoms with van der Waals surface area (Å²) in [6.07, 6.45) is 4.19. The lowest BCUT2D eigenvalue weighted by Crippen LogP contribution is -2.41. The molecule has 1 aliphatic rings. The van der Waals surface area contributed by atoms with Crippen LogP contribution in [0.15, 0.2) is 16.3 Å². The van der Waals surface area contributed by atoms with Crippen LogP contribution < -0.4 is 5.32 Å². The second-order valence-electron chi connectivity index (χ2n) is 4.87. The van der Waals surface area contributed by atoms with Crippen molar-refractivity contribution in [2.45, 2.75) is 35.9 Å². The summed E-state index contributed by atoms with van der Waals surface area (Å²) in [4.78, 5) is 11.9. The van der Waals surface area contributed by atoms with E-state index in [1.54, 1.807) is 0 Å². The van der Waals surface area contributed by atoms with Gasteiger partial charge in [-0.15, -0.1) is 11.3 Å². The maximum absolute atomic E-state index is 12.2. The molecule has 0 atom stereocenters. The van der Waals surface area contributed by atoms with Crippen molar-refractivity contribution in [3.05, 3.63) is 16.5 Å². The lowest BCUT2D eigenvalue weighted by molar-refractivity contribution is -0.121. The van der Waals surface area contributed by atoms with Gasteiger partial charge in [0.05, 0.1) is 10.9 Å². The van der Waals surface area contributed by atoms with Gasteiger partial charge < -0.3 is 5.32 Å². The Hall–Kier alpha value is -0.630. The van der Waals surface area contributed by atoms with Gasteiger partial charge in [-0.3, -0.25) is 4.79 Å². The largest absolute Gasteiger partial charge is 0.352 e. The molecule has 1 aliphatic carbocycles. The summed E-state index contributed by atoms with van der Waals surface area (Å²) in [5, 5.41) is 2.87. The van der Waals surface area contributed by atoms with Crippen molar-refractivity contribution in [2.24, 2.45) is 0 Å². The fraction of sp³-hybridized carbons (Fsp3) is 0.583. The summed E-state index contributed by atoms with van der Waals surface area (Å²) in [7, 11) is -2.24. The summed E-state index contributed by atoms with van der Waals surface area (Å²) in [5.41, 5.74) is 0. The zero-order chi connectivity index (χ0) is 14.8. The quantitative estimate of drug-likeness (QED) is 0.895. The molecule has 1 aromatic rings. The van der Waals surface area contributed by atoms with Crippen LogP contribution >= 0.6 is 22.9 Å². The van der Waals surface area contributed by atoms with Crippen molar-refractivity contribution in [2.75, 3.05) is 13.6 Å². The molecule has 0 radical (unpaired) electrons. The van der Waals surface area contributed by atoms with Gasteiger partial charge in [0.25, 0.3) is 10.0 Å². The molecule has 1 N–H and O–H groups in total. The highest BCUT2D eigenvalue weighted by Crippen LogP contribution is 2.27. The normalized spacial score (nSPS) is 16.8. The Balaban J connectivity index is 1.96. The molecular formula is C12H17ClN2O3S2. The van der Waals surface area contributed by atoms with Gasteiger partial charge in [0, 0.05) is 13.1 Å². The SMILES string of the molecule is CN(CC(=O)NC1CCCC1)S(=O)(=O)c1ccc(Cl)s1. The first-order chi connectivity index (χ1) is 9.39. The van der Waals surface area contributed by atoms with E-state index in [1.807, 2.05) is 0 Å². The number of thiophene rings is 1. The Kier molecular flexibility index (Phi) is 5.06. The van der Waals surface area contributed by atoms with E-state index in [1.165, 1.54) is 19.2 Å². The van der Waals surface area contributed by atoms with Crippen molar-refractivity contribution >= 4 is 38.9 Å². The highest BCUT2D eigenvalue weighted by atomic mass is 35.5. The molecule has 0 aliphatic heterocycles. The lowest BCUT2D eigenvalue weighted by Gasteiger charge is -2.17. The number of carbonyl (C=O) groups is 1. The van der Waals surface area contributed by atoms with Crippen LogP contribution in [-0.4, -0.2) is 38.3 Å². The average molecular weight is 337 g/mol. The molecule has 8 heteroatoms. The van der Waals surface area contributed by atoms with E-state index in [4.69, 9.17) is 11.6 Å². The van der Waals surface area contributed by atoms with E-state index in [0.717, 1.165) is 41.3 Å². The molecule has 1 saturated carbocycles. The number of carbonyl (C=O) groups excluding carboxylic acids is 1. The van der Waals surface area contributed by atoms with Crippen LogP contribution in [0.4, 0.5) is 0 Å². The van der Waals surface area contributed by atoms with Gasteiger partial charge in [0.1, 0.15) is 4.21 Å². The molecule has 2 rings (SSSR count). The zero-order valence-corrected chi connectivity index (χ0v) is 13.5. The van der Waals surface area contributed by atoms with E-state index >= 15 is 0 Å². The topological polar surface area (TPSA) is 66.5 Å². The molecule has 20 heavy (non-hydrogen) atoms. The van der Waals surface area contributed by atoms with Crippen LogP contribution in [0.2, 0.25) is 4.34 Å². The number of hydrogen-bond acceptors (Lipinski definition) is 4.